The van der Waals surface area contributed by atoms with Gasteiger partial charge in [-0.3, -0.25) is 4.79 Å². The van der Waals surface area contributed by atoms with E-state index in [2.05, 4.69) is 10.1 Å². The van der Waals surface area contributed by atoms with Crippen LogP contribution in [0.4, 0.5) is 10.5 Å². The van der Waals surface area contributed by atoms with Crippen LogP contribution in [-0.2, 0) is 4.74 Å². The van der Waals surface area contributed by atoms with Gasteiger partial charge in [-0.25, -0.2) is 4.79 Å². The maximum absolute atomic E-state index is 11.6. The molecule has 2 amide bonds. The predicted octanol–water partition coefficient (Wildman–Crippen LogP) is 0.747. The molecular weight excluding hydrogens is 246 g/mol. The lowest BCUT2D eigenvalue weighted by Gasteiger charge is -2.06. The van der Waals surface area contributed by atoms with Crippen molar-refractivity contribution in [3.05, 3.63) is 28.8 Å². The predicted molar refractivity (Wildman–Crippen MR) is 63.7 cm³/mol. The van der Waals surface area contributed by atoms with Gasteiger partial charge < -0.3 is 21.5 Å². The number of ether oxygens (including phenoxy) is 1. The fourth-order valence-corrected chi connectivity index (χ4v) is 1.27. The van der Waals surface area contributed by atoms with E-state index >= 15 is 0 Å². The van der Waals surface area contributed by atoms with Crippen molar-refractivity contribution in [3.63, 3.8) is 0 Å². The van der Waals surface area contributed by atoms with Gasteiger partial charge in [0.1, 0.15) is 6.61 Å². The van der Waals surface area contributed by atoms with E-state index in [1.54, 1.807) is 6.07 Å². The molecule has 17 heavy (non-hydrogen) atoms. The SMILES string of the molecule is NC(=O)OCCNC(=O)c1ccc(N)c(Cl)c1. The summed E-state index contributed by atoms with van der Waals surface area (Å²) in [6.07, 6.45) is -0.880. The first kappa shape index (κ1) is 13.1. The molecule has 0 aliphatic rings. The number of benzene rings is 1. The molecule has 0 fully saturated rings. The van der Waals surface area contributed by atoms with E-state index in [0.717, 1.165) is 0 Å². The van der Waals surface area contributed by atoms with E-state index < -0.39 is 6.09 Å². The van der Waals surface area contributed by atoms with E-state index in [1.807, 2.05) is 0 Å². The summed E-state index contributed by atoms with van der Waals surface area (Å²) in [5.74, 6) is -0.333. The molecule has 0 spiro atoms. The summed E-state index contributed by atoms with van der Waals surface area (Å²) in [5, 5.41) is 2.84. The van der Waals surface area contributed by atoms with Crippen LogP contribution in [0.15, 0.2) is 18.2 Å². The monoisotopic (exact) mass is 257 g/mol. The Morgan fingerprint density at radius 1 is 1.41 bits per heavy atom. The largest absolute Gasteiger partial charge is 0.448 e. The quantitative estimate of drug-likeness (QED) is 0.546. The zero-order valence-electron chi connectivity index (χ0n) is 8.90. The summed E-state index contributed by atoms with van der Waals surface area (Å²) in [6, 6.07) is 4.55. The number of anilines is 1. The summed E-state index contributed by atoms with van der Waals surface area (Å²) >= 11 is 5.77. The standard InChI is InChI=1S/C10H12ClN3O3/c11-7-5-6(1-2-8(7)12)9(15)14-3-4-17-10(13)16/h1-2,5H,3-4,12H2,(H2,13,16)(H,14,15). The Morgan fingerprint density at radius 3 is 2.71 bits per heavy atom. The molecule has 0 bridgehead atoms. The molecule has 6 nitrogen and oxygen atoms in total. The molecule has 1 aromatic carbocycles. The first-order chi connectivity index (χ1) is 8.00. The second kappa shape index (κ2) is 5.95. The van der Waals surface area contributed by atoms with Crippen molar-refractivity contribution in [2.75, 3.05) is 18.9 Å². The Labute approximate surface area is 103 Å². The summed E-state index contributed by atoms with van der Waals surface area (Å²) < 4.78 is 4.45. The molecule has 1 aromatic rings. The summed E-state index contributed by atoms with van der Waals surface area (Å²) in [4.78, 5) is 21.8. The average molecular weight is 258 g/mol. The Hall–Kier alpha value is -1.95. The van der Waals surface area contributed by atoms with Crippen LogP contribution in [0, 0.1) is 0 Å². The fraction of sp³-hybridized carbons (Fsp3) is 0.200. The van der Waals surface area contributed by atoms with Gasteiger partial charge in [-0.2, -0.15) is 0 Å². The molecule has 92 valence electrons. The zero-order valence-corrected chi connectivity index (χ0v) is 9.66. The third kappa shape index (κ3) is 4.20. The van der Waals surface area contributed by atoms with Crippen molar-refractivity contribution in [3.8, 4) is 0 Å². The minimum atomic E-state index is -0.880. The number of hydrogen-bond acceptors (Lipinski definition) is 4. The zero-order chi connectivity index (χ0) is 12.8. The fourth-order valence-electron chi connectivity index (χ4n) is 1.09. The molecule has 5 N–H and O–H groups in total. The van der Waals surface area contributed by atoms with E-state index in [-0.39, 0.29) is 19.1 Å². The molecule has 0 radical (unpaired) electrons. The Kier molecular flexibility index (Phi) is 4.59. The van der Waals surface area contributed by atoms with Crippen molar-refractivity contribution >= 4 is 29.3 Å². The third-order valence-electron chi connectivity index (χ3n) is 1.89. The molecule has 1 rings (SSSR count). The van der Waals surface area contributed by atoms with Gasteiger partial charge in [-0.1, -0.05) is 11.6 Å². The van der Waals surface area contributed by atoms with Crippen molar-refractivity contribution in [2.24, 2.45) is 5.73 Å². The Balaban J connectivity index is 2.47. The lowest BCUT2D eigenvalue weighted by molar-refractivity contribution is 0.0937. The maximum Gasteiger partial charge on any atom is 0.404 e. The van der Waals surface area contributed by atoms with E-state index in [9.17, 15) is 9.59 Å². The molecule has 0 atom stereocenters. The molecule has 0 saturated carbocycles. The lowest BCUT2D eigenvalue weighted by atomic mass is 10.2. The van der Waals surface area contributed by atoms with Crippen LogP contribution < -0.4 is 16.8 Å². The molecule has 7 heteroatoms. The second-order valence-corrected chi connectivity index (χ2v) is 3.57. The number of rotatable bonds is 4. The molecule has 0 saturated heterocycles. The number of hydrogen-bond donors (Lipinski definition) is 3. The average Bonchev–Trinajstić information content (AvgIpc) is 2.27. The van der Waals surface area contributed by atoms with Gasteiger partial charge in [0.2, 0.25) is 0 Å². The topological polar surface area (TPSA) is 107 Å². The van der Waals surface area contributed by atoms with Gasteiger partial charge in [-0.15, -0.1) is 0 Å². The van der Waals surface area contributed by atoms with Crippen LogP contribution in [0.2, 0.25) is 5.02 Å². The first-order valence-electron chi connectivity index (χ1n) is 4.76. The Bertz CT molecular complexity index is 437. The van der Waals surface area contributed by atoms with E-state index in [0.29, 0.717) is 16.3 Å². The molecule has 0 heterocycles. The molecule has 0 aliphatic carbocycles. The van der Waals surface area contributed by atoms with Crippen LogP contribution in [-0.4, -0.2) is 25.2 Å². The molecule has 0 aromatic heterocycles. The number of nitrogens with two attached hydrogens (primary N) is 2. The maximum atomic E-state index is 11.6. The van der Waals surface area contributed by atoms with Crippen LogP contribution in [0.25, 0.3) is 0 Å². The smallest absolute Gasteiger partial charge is 0.404 e. The minimum absolute atomic E-state index is 0.0176. The number of nitrogen functional groups attached to an aromatic ring is 1. The summed E-state index contributed by atoms with van der Waals surface area (Å²) in [5.41, 5.74) is 11.0. The number of carbonyl (C=O) groups excluding carboxylic acids is 2. The van der Waals surface area contributed by atoms with Gasteiger partial charge in [0.15, 0.2) is 0 Å². The molecule has 0 aliphatic heterocycles. The number of halogens is 1. The van der Waals surface area contributed by atoms with Gasteiger partial charge in [0, 0.05) is 5.56 Å². The highest BCUT2D eigenvalue weighted by atomic mass is 35.5. The highest BCUT2D eigenvalue weighted by Crippen LogP contribution is 2.19. The van der Waals surface area contributed by atoms with Crippen LogP contribution in [0.5, 0.6) is 0 Å². The Morgan fingerprint density at radius 2 is 2.12 bits per heavy atom. The normalized spacial score (nSPS) is 9.71. The number of carbonyl (C=O) groups is 2. The van der Waals surface area contributed by atoms with Crippen molar-refractivity contribution < 1.29 is 14.3 Å². The van der Waals surface area contributed by atoms with Crippen molar-refractivity contribution in [2.45, 2.75) is 0 Å². The van der Waals surface area contributed by atoms with Crippen LogP contribution >= 0.6 is 11.6 Å². The first-order valence-corrected chi connectivity index (χ1v) is 5.14. The lowest BCUT2D eigenvalue weighted by Crippen LogP contribution is -2.29. The van der Waals surface area contributed by atoms with Crippen LogP contribution in [0.3, 0.4) is 0 Å². The molecule has 0 unspecified atom stereocenters. The summed E-state index contributed by atoms with van der Waals surface area (Å²) in [7, 11) is 0. The number of amides is 2. The molecular formula is C10H12ClN3O3. The van der Waals surface area contributed by atoms with Gasteiger partial charge in [-0.05, 0) is 18.2 Å². The van der Waals surface area contributed by atoms with Crippen LogP contribution in [0.1, 0.15) is 10.4 Å². The minimum Gasteiger partial charge on any atom is -0.448 e. The van der Waals surface area contributed by atoms with Gasteiger partial charge >= 0.3 is 6.09 Å². The highest BCUT2D eigenvalue weighted by Gasteiger charge is 2.07. The second-order valence-electron chi connectivity index (χ2n) is 3.16. The summed E-state index contributed by atoms with van der Waals surface area (Å²) in [6.45, 7) is 0.188. The number of nitrogens with one attached hydrogen (secondary N) is 1. The van der Waals surface area contributed by atoms with Gasteiger partial charge in [0.05, 0.1) is 17.3 Å². The van der Waals surface area contributed by atoms with Crippen molar-refractivity contribution in [1.82, 2.24) is 5.32 Å². The van der Waals surface area contributed by atoms with Crippen molar-refractivity contribution in [1.29, 1.82) is 0 Å². The highest BCUT2D eigenvalue weighted by molar-refractivity contribution is 6.33. The van der Waals surface area contributed by atoms with E-state index in [4.69, 9.17) is 23.1 Å². The van der Waals surface area contributed by atoms with E-state index in [1.165, 1.54) is 12.1 Å². The van der Waals surface area contributed by atoms with Gasteiger partial charge in [0.25, 0.3) is 5.91 Å². The number of primary amides is 1. The third-order valence-corrected chi connectivity index (χ3v) is 2.22.